The van der Waals surface area contributed by atoms with Gasteiger partial charge in [0.15, 0.2) is 11.5 Å². The highest BCUT2D eigenvalue weighted by Crippen LogP contribution is 2.44. The molecule has 74 heavy (non-hydrogen) atoms. The lowest BCUT2D eigenvalue weighted by Gasteiger charge is -2.15. The molecule has 0 bridgehead atoms. The van der Waals surface area contributed by atoms with Crippen LogP contribution in [-0.2, 0) is 0 Å². The molecule has 386 valence electrons. The third-order valence-electron chi connectivity index (χ3n) is 11.3. The first-order chi connectivity index (χ1) is 35.4. The second-order valence-electron chi connectivity index (χ2n) is 17.9. The van der Waals surface area contributed by atoms with Crippen molar-refractivity contribution in [3.63, 3.8) is 0 Å². The Balaban J connectivity index is 0.000000116. The molecule has 14 heteroatoms. The Bertz CT molecular complexity index is 3510. The molecule has 2 nitrogen and oxygen atoms in total. The van der Waals surface area contributed by atoms with Crippen molar-refractivity contribution in [2.75, 3.05) is 13.2 Å². The van der Waals surface area contributed by atoms with Gasteiger partial charge in [-0.2, -0.15) is 0 Å². The van der Waals surface area contributed by atoms with Crippen molar-refractivity contribution in [3.05, 3.63) is 165 Å². The van der Waals surface area contributed by atoms with Crippen LogP contribution < -0.4 is 9.47 Å². The summed E-state index contributed by atoms with van der Waals surface area (Å²) in [5, 5.41) is 4.25. The standard InChI is InChI=1S/C10H8S3.C10H10S2.C10H10S.C8H10O2S.2C8H8S2.C6H8S/c1-5-3-7-9(11-5)10-8(13-7)4-6(2)12-10;1-7-3-5-9(11-7)10-6-4-8(2)12-10;1-7-9-5-3-4-6-10(9)8(2)11-7;1-5-7-8(6(2)11-5)10-4-3-9-7;1-5-3-7-8(9-5)4-6(2)10-7;1-5-3-7-4-6(2)10-8(7)9-5;1-5-3-4-6(2)7-5/h3-4H,1-2H3;3-6H,1-2H3;3-6H,1-2H3;3-4H2,1-2H3;2*3-4H,1-2H3;3-4H,1-2H3. The van der Waals surface area contributed by atoms with E-state index in [1.807, 2.05) is 125 Å². The van der Waals surface area contributed by atoms with Crippen molar-refractivity contribution < 1.29 is 9.47 Å². The van der Waals surface area contributed by atoms with Gasteiger partial charge in [-0.05, 0) is 181 Å². The first-order valence-corrected chi connectivity index (χ1v) is 34.0. The summed E-state index contributed by atoms with van der Waals surface area (Å²) in [7, 11) is 0. The number of benzene rings is 1. The van der Waals surface area contributed by atoms with Gasteiger partial charge in [0.05, 0.1) is 13.4 Å². The van der Waals surface area contributed by atoms with E-state index in [0.717, 1.165) is 11.5 Å². The zero-order valence-corrected chi connectivity index (χ0v) is 54.2. The summed E-state index contributed by atoms with van der Waals surface area (Å²) in [6, 6.07) is 35.2. The van der Waals surface area contributed by atoms with E-state index in [2.05, 4.69) is 194 Å². The molecule has 14 rings (SSSR count). The van der Waals surface area contributed by atoms with Crippen LogP contribution in [0.2, 0.25) is 0 Å². The summed E-state index contributed by atoms with van der Waals surface area (Å²) < 4.78 is 21.2. The molecule has 0 saturated carbocycles. The highest BCUT2D eigenvalue weighted by molar-refractivity contribution is 7.39. The molecule has 0 atom stereocenters. The maximum Gasteiger partial charge on any atom is 0.175 e. The van der Waals surface area contributed by atoms with Crippen LogP contribution in [0.25, 0.3) is 58.1 Å². The fourth-order valence-corrected chi connectivity index (χ4v) is 21.2. The average molecular weight is 1200 g/mol. The van der Waals surface area contributed by atoms with Gasteiger partial charge in [-0.15, -0.1) is 136 Å². The van der Waals surface area contributed by atoms with E-state index in [1.165, 1.54) is 126 Å². The smallest absolute Gasteiger partial charge is 0.175 e. The van der Waals surface area contributed by atoms with Crippen LogP contribution in [0.5, 0.6) is 11.5 Å². The molecule has 0 amide bonds. The molecule has 0 spiro atoms. The van der Waals surface area contributed by atoms with Gasteiger partial charge in [0.25, 0.3) is 0 Å². The van der Waals surface area contributed by atoms with E-state index >= 15 is 0 Å². The SMILES string of the molecule is Cc1cc2cc(C)sc2s1.Cc1cc2sc(C)cc2s1.Cc1cc2sc3cc(C)sc3c2s1.Cc1ccc(-c2ccc(C)s2)s1.Cc1ccc(C)s1.Cc1sc(C)c2c1OCCO2.Cc1sc(C)c2ccccc12. The second-order valence-corrected chi connectivity index (χ2v) is 33.8. The summed E-state index contributed by atoms with van der Waals surface area (Å²) >= 11 is 22.5. The number of rotatable bonds is 1. The molecule has 0 aliphatic carbocycles. The van der Waals surface area contributed by atoms with E-state index in [-0.39, 0.29) is 0 Å². The fourth-order valence-electron chi connectivity index (χ4n) is 8.12. The molecule has 1 aliphatic rings. The summed E-state index contributed by atoms with van der Waals surface area (Å²) in [4.78, 5) is 22.2. The number of hydrogen-bond donors (Lipinski definition) is 0. The van der Waals surface area contributed by atoms with Crippen molar-refractivity contribution in [1.82, 2.24) is 0 Å². The van der Waals surface area contributed by atoms with Gasteiger partial charge in [0, 0.05) is 102 Å². The van der Waals surface area contributed by atoms with Gasteiger partial charge in [-0.1, -0.05) is 24.3 Å². The summed E-state index contributed by atoms with van der Waals surface area (Å²) in [6.45, 7) is 31.4. The zero-order chi connectivity index (χ0) is 52.8. The van der Waals surface area contributed by atoms with Gasteiger partial charge in [0.2, 0.25) is 0 Å². The topological polar surface area (TPSA) is 18.5 Å². The van der Waals surface area contributed by atoms with Crippen molar-refractivity contribution in [2.45, 2.75) is 96.9 Å². The summed E-state index contributed by atoms with van der Waals surface area (Å²) in [5.41, 5.74) is 0. The normalized spacial score (nSPS) is 11.5. The van der Waals surface area contributed by atoms with Crippen LogP contribution in [0, 0.1) is 96.9 Å². The predicted molar refractivity (Wildman–Crippen MR) is 350 cm³/mol. The highest BCUT2D eigenvalue weighted by atomic mass is 32.2. The molecule has 1 aromatic carbocycles. The summed E-state index contributed by atoms with van der Waals surface area (Å²) in [6.07, 6.45) is 0. The number of thiophene rings is 12. The average Bonchev–Trinajstić information content (AvgIpc) is 4.20. The maximum absolute atomic E-state index is 5.46. The number of aryl methyl sites for hydroxylation is 14. The molecular formula is C60H62O2S12. The van der Waals surface area contributed by atoms with E-state index < -0.39 is 0 Å². The third-order valence-corrected chi connectivity index (χ3v) is 24.4. The number of ether oxygens (including phenoxy) is 2. The Morgan fingerprint density at radius 1 is 0.297 bits per heavy atom. The van der Waals surface area contributed by atoms with Gasteiger partial charge in [0.1, 0.15) is 13.2 Å². The molecule has 0 fully saturated rings. The van der Waals surface area contributed by atoms with E-state index in [9.17, 15) is 0 Å². The molecule has 13 heterocycles. The van der Waals surface area contributed by atoms with Crippen LogP contribution >= 0.6 is 136 Å². The predicted octanol–water partition coefficient (Wildman–Crippen LogP) is 24.1. The molecule has 12 aromatic heterocycles. The van der Waals surface area contributed by atoms with Gasteiger partial charge in [-0.3, -0.25) is 0 Å². The van der Waals surface area contributed by atoms with Crippen LogP contribution in [0.15, 0.2) is 97.1 Å². The zero-order valence-electron chi connectivity index (χ0n) is 44.4. The lowest BCUT2D eigenvalue weighted by atomic mass is 10.1. The van der Waals surface area contributed by atoms with E-state index in [1.54, 1.807) is 11.3 Å². The monoisotopic (exact) mass is 1200 g/mol. The largest absolute Gasteiger partial charge is 0.485 e. The first kappa shape index (κ1) is 56.7. The number of hydrogen-bond acceptors (Lipinski definition) is 14. The van der Waals surface area contributed by atoms with E-state index in [0.29, 0.717) is 13.2 Å². The van der Waals surface area contributed by atoms with Gasteiger partial charge in [-0.25, -0.2) is 0 Å². The summed E-state index contributed by atoms with van der Waals surface area (Å²) in [5.74, 6) is 1.91. The van der Waals surface area contributed by atoms with Crippen LogP contribution in [-0.4, -0.2) is 13.2 Å². The van der Waals surface area contributed by atoms with Crippen molar-refractivity contribution >= 4 is 184 Å². The Morgan fingerprint density at radius 3 is 1.04 bits per heavy atom. The minimum atomic E-state index is 0.685. The third kappa shape index (κ3) is 14.8. The van der Waals surface area contributed by atoms with Gasteiger partial charge < -0.3 is 9.47 Å². The molecule has 1 aliphatic heterocycles. The lowest BCUT2D eigenvalue weighted by Crippen LogP contribution is -2.14. The Morgan fingerprint density at radius 2 is 0.662 bits per heavy atom. The van der Waals surface area contributed by atoms with Crippen LogP contribution in [0.3, 0.4) is 0 Å². The van der Waals surface area contributed by atoms with Crippen molar-refractivity contribution in [1.29, 1.82) is 0 Å². The Hall–Kier alpha value is -3.48. The van der Waals surface area contributed by atoms with E-state index in [4.69, 9.17) is 9.47 Å². The Labute approximate surface area is 485 Å². The van der Waals surface area contributed by atoms with Crippen LogP contribution in [0.4, 0.5) is 0 Å². The molecule has 0 unspecified atom stereocenters. The minimum absolute atomic E-state index is 0.685. The molecule has 13 aromatic rings. The minimum Gasteiger partial charge on any atom is -0.485 e. The lowest BCUT2D eigenvalue weighted by molar-refractivity contribution is 0.171. The first-order valence-electron chi connectivity index (χ1n) is 24.2. The quantitative estimate of drug-likeness (QED) is 0.163. The van der Waals surface area contributed by atoms with Gasteiger partial charge >= 0.3 is 0 Å². The van der Waals surface area contributed by atoms with Crippen LogP contribution in [0.1, 0.15) is 68.3 Å². The molecule has 0 radical (unpaired) electrons. The Kier molecular flexibility index (Phi) is 19.8. The maximum atomic E-state index is 5.46. The molecular weight excluding hydrogens is 1140 g/mol. The number of fused-ring (bicyclic) bond motifs is 7. The highest BCUT2D eigenvalue weighted by Gasteiger charge is 2.19. The second kappa shape index (κ2) is 25.8. The molecule has 0 N–H and O–H groups in total. The van der Waals surface area contributed by atoms with Crippen molar-refractivity contribution in [2.24, 2.45) is 0 Å². The fraction of sp³-hybridized carbons (Fsp3) is 0.267. The molecule has 0 saturated heterocycles. The van der Waals surface area contributed by atoms with Crippen molar-refractivity contribution in [3.8, 4) is 21.3 Å².